The van der Waals surface area contributed by atoms with Crippen LogP contribution in [0.4, 0.5) is 10.1 Å². The fraction of sp³-hybridized carbons (Fsp3) is 0.300. The van der Waals surface area contributed by atoms with Gasteiger partial charge in [0.05, 0.1) is 7.11 Å². The molecular formula is C20H22FN3O5S. The molecule has 2 aromatic carbocycles. The number of anilines is 1. The molecule has 0 atom stereocenters. The summed E-state index contributed by atoms with van der Waals surface area (Å²) in [5, 5.41) is 5.38. The highest BCUT2D eigenvalue weighted by Gasteiger charge is 2.29. The molecule has 3 N–H and O–H groups in total. The first-order chi connectivity index (χ1) is 14.3. The van der Waals surface area contributed by atoms with Crippen molar-refractivity contribution in [2.75, 3.05) is 25.5 Å². The van der Waals surface area contributed by atoms with Crippen molar-refractivity contribution in [3.8, 4) is 5.75 Å². The molecule has 1 aliphatic carbocycles. The quantitative estimate of drug-likeness (QED) is 0.521. The molecule has 3 rings (SSSR count). The summed E-state index contributed by atoms with van der Waals surface area (Å²) in [5.41, 5.74) is 0.981. The number of carbonyl (C=O) groups is 2. The number of hydrogen-bond donors (Lipinski definition) is 3. The lowest BCUT2D eigenvalue weighted by Gasteiger charge is -2.11. The van der Waals surface area contributed by atoms with E-state index in [-0.39, 0.29) is 35.6 Å². The molecule has 0 bridgehead atoms. The van der Waals surface area contributed by atoms with Crippen molar-refractivity contribution in [2.45, 2.75) is 17.7 Å². The second-order valence-corrected chi connectivity index (χ2v) is 8.53. The SMILES string of the molecule is COc1ccc(F)cc1S(=O)(=O)NCCNC(=O)c1ccc(NC(=O)C2CC2)cc1. The summed E-state index contributed by atoms with van der Waals surface area (Å²) < 4.78 is 45.4. The van der Waals surface area contributed by atoms with Gasteiger partial charge in [0.1, 0.15) is 16.5 Å². The molecule has 160 valence electrons. The Balaban J connectivity index is 1.49. The number of ether oxygens (including phenoxy) is 1. The standard InChI is InChI=1S/C20H22FN3O5S/c1-29-17-9-6-15(21)12-18(17)30(27,28)23-11-10-22-19(25)13-4-7-16(8-5-13)24-20(26)14-2-3-14/h4-9,12,14,23H,2-3,10-11H2,1H3,(H,22,25)(H,24,26). The molecular weight excluding hydrogens is 413 g/mol. The van der Waals surface area contributed by atoms with Gasteiger partial charge in [-0.05, 0) is 55.3 Å². The van der Waals surface area contributed by atoms with Crippen LogP contribution in [0, 0.1) is 11.7 Å². The van der Waals surface area contributed by atoms with E-state index in [1.807, 2.05) is 0 Å². The second kappa shape index (κ2) is 9.23. The first-order valence-electron chi connectivity index (χ1n) is 9.32. The van der Waals surface area contributed by atoms with Gasteiger partial charge >= 0.3 is 0 Å². The van der Waals surface area contributed by atoms with Gasteiger partial charge < -0.3 is 15.4 Å². The normalized spacial score (nSPS) is 13.5. The zero-order chi connectivity index (χ0) is 21.7. The number of methoxy groups -OCH3 is 1. The maximum absolute atomic E-state index is 13.4. The molecule has 0 saturated heterocycles. The summed E-state index contributed by atoms with van der Waals surface area (Å²) in [5.74, 6) is -1.01. The summed E-state index contributed by atoms with van der Waals surface area (Å²) in [6.07, 6.45) is 1.81. The van der Waals surface area contributed by atoms with Gasteiger partial charge in [0.15, 0.2) is 0 Å². The summed E-state index contributed by atoms with van der Waals surface area (Å²) in [6.45, 7) is -0.0703. The number of halogens is 1. The van der Waals surface area contributed by atoms with Gasteiger partial charge in [-0.3, -0.25) is 9.59 Å². The fourth-order valence-corrected chi connectivity index (χ4v) is 3.91. The van der Waals surface area contributed by atoms with E-state index >= 15 is 0 Å². The molecule has 1 aliphatic rings. The molecule has 0 aliphatic heterocycles. The molecule has 30 heavy (non-hydrogen) atoms. The van der Waals surface area contributed by atoms with Gasteiger partial charge in [-0.1, -0.05) is 0 Å². The van der Waals surface area contributed by atoms with E-state index in [9.17, 15) is 22.4 Å². The summed E-state index contributed by atoms with van der Waals surface area (Å²) >= 11 is 0. The van der Waals surface area contributed by atoms with E-state index in [4.69, 9.17) is 4.74 Å². The van der Waals surface area contributed by atoms with Gasteiger partial charge in [-0.25, -0.2) is 17.5 Å². The maximum Gasteiger partial charge on any atom is 0.251 e. The Morgan fingerprint density at radius 1 is 1.10 bits per heavy atom. The lowest BCUT2D eigenvalue weighted by molar-refractivity contribution is -0.117. The molecule has 0 spiro atoms. The molecule has 2 amide bonds. The van der Waals surface area contributed by atoms with Gasteiger partial charge in [-0.15, -0.1) is 0 Å². The highest BCUT2D eigenvalue weighted by Crippen LogP contribution is 2.30. The van der Waals surface area contributed by atoms with Crippen LogP contribution >= 0.6 is 0 Å². The van der Waals surface area contributed by atoms with Crippen LogP contribution in [0.2, 0.25) is 0 Å². The Labute approximate surface area is 173 Å². The zero-order valence-corrected chi connectivity index (χ0v) is 17.1. The van der Waals surface area contributed by atoms with E-state index < -0.39 is 21.7 Å². The lowest BCUT2D eigenvalue weighted by Crippen LogP contribution is -2.34. The van der Waals surface area contributed by atoms with Crippen molar-refractivity contribution in [3.63, 3.8) is 0 Å². The molecule has 1 saturated carbocycles. The number of benzene rings is 2. The molecule has 0 heterocycles. The summed E-state index contributed by atoms with van der Waals surface area (Å²) in [7, 11) is -2.73. The molecule has 1 fully saturated rings. The number of sulfonamides is 1. The Morgan fingerprint density at radius 2 is 1.80 bits per heavy atom. The van der Waals surface area contributed by atoms with Crippen LogP contribution in [0.15, 0.2) is 47.4 Å². The van der Waals surface area contributed by atoms with Gasteiger partial charge in [0.2, 0.25) is 15.9 Å². The predicted molar refractivity (Wildman–Crippen MR) is 108 cm³/mol. The van der Waals surface area contributed by atoms with Crippen molar-refractivity contribution in [1.82, 2.24) is 10.0 Å². The first-order valence-corrected chi connectivity index (χ1v) is 10.8. The minimum absolute atomic E-state index is 0.0156. The van der Waals surface area contributed by atoms with Crippen molar-refractivity contribution >= 4 is 27.5 Å². The van der Waals surface area contributed by atoms with Crippen LogP contribution < -0.4 is 20.1 Å². The number of hydrogen-bond acceptors (Lipinski definition) is 5. The van der Waals surface area contributed by atoms with Gasteiger partial charge in [-0.2, -0.15) is 0 Å². The molecule has 10 heteroatoms. The van der Waals surface area contributed by atoms with E-state index in [0.717, 1.165) is 25.0 Å². The van der Waals surface area contributed by atoms with Crippen LogP contribution in [0.1, 0.15) is 23.2 Å². The third-order valence-corrected chi connectivity index (χ3v) is 5.96. The number of nitrogens with one attached hydrogen (secondary N) is 3. The van der Waals surface area contributed by atoms with Crippen LogP contribution in [0.3, 0.4) is 0 Å². The summed E-state index contributed by atoms with van der Waals surface area (Å²) in [4.78, 5) is 23.6. The predicted octanol–water partition coefficient (Wildman–Crippen LogP) is 1.89. The van der Waals surface area contributed by atoms with Crippen LogP contribution in [0.5, 0.6) is 5.75 Å². The Hall–Kier alpha value is -2.98. The zero-order valence-electron chi connectivity index (χ0n) is 16.3. The van der Waals surface area contributed by atoms with E-state index in [2.05, 4.69) is 15.4 Å². The van der Waals surface area contributed by atoms with E-state index in [0.29, 0.717) is 11.3 Å². The Kier molecular flexibility index (Phi) is 6.68. The van der Waals surface area contributed by atoms with E-state index in [1.165, 1.54) is 13.2 Å². The second-order valence-electron chi connectivity index (χ2n) is 6.79. The minimum Gasteiger partial charge on any atom is -0.495 e. The maximum atomic E-state index is 13.4. The first kappa shape index (κ1) is 21.7. The van der Waals surface area contributed by atoms with Crippen LogP contribution in [0.25, 0.3) is 0 Å². The number of rotatable bonds is 9. The smallest absolute Gasteiger partial charge is 0.251 e. The van der Waals surface area contributed by atoms with Gasteiger partial charge in [0, 0.05) is 30.3 Å². The van der Waals surface area contributed by atoms with Crippen molar-refractivity contribution in [3.05, 3.63) is 53.8 Å². The molecule has 0 unspecified atom stereocenters. The third-order valence-electron chi connectivity index (χ3n) is 4.48. The highest BCUT2D eigenvalue weighted by atomic mass is 32.2. The molecule has 0 radical (unpaired) electrons. The van der Waals surface area contributed by atoms with Crippen LogP contribution in [-0.4, -0.2) is 40.4 Å². The monoisotopic (exact) mass is 435 g/mol. The topological polar surface area (TPSA) is 114 Å². The van der Waals surface area contributed by atoms with Crippen molar-refractivity contribution in [2.24, 2.45) is 5.92 Å². The lowest BCUT2D eigenvalue weighted by atomic mass is 10.2. The molecule has 2 aromatic rings. The molecule has 8 nitrogen and oxygen atoms in total. The van der Waals surface area contributed by atoms with Crippen molar-refractivity contribution in [1.29, 1.82) is 0 Å². The number of carbonyl (C=O) groups excluding carboxylic acids is 2. The number of amides is 2. The van der Waals surface area contributed by atoms with Crippen molar-refractivity contribution < 1.29 is 27.1 Å². The Morgan fingerprint density at radius 3 is 2.43 bits per heavy atom. The minimum atomic E-state index is -4.01. The summed E-state index contributed by atoms with van der Waals surface area (Å²) in [6, 6.07) is 9.59. The Bertz CT molecular complexity index is 1040. The van der Waals surface area contributed by atoms with Gasteiger partial charge in [0.25, 0.3) is 5.91 Å². The third kappa shape index (κ3) is 5.55. The average molecular weight is 435 g/mol. The van der Waals surface area contributed by atoms with E-state index in [1.54, 1.807) is 24.3 Å². The highest BCUT2D eigenvalue weighted by molar-refractivity contribution is 7.89. The van der Waals surface area contributed by atoms with Crippen LogP contribution in [-0.2, 0) is 14.8 Å². The largest absolute Gasteiger partial charge is 0.495 e. The average Bonchev–Trinajstić information content (AvgIpc) is 3.57. The molecule has 0 aromatic heterocycles. The fourth-order valence-electron chi connectivity index (χ4n) is 2.70.